The Labute approximate surface area is 113 Å². The molecule has 3 N–H and O–H groups in total. The maximum atomic E-state index is 5.46. The fraction of sp³-hybridized carbons (Fsp3) is 0.727. The Balaban J connectivity index is 2.80. The van der Waals surface area contributed by atoms with E-state index >= 15 is 0 Å². The van der Waals surface area contributed by atoms with Gasteiger partial charge in [0, 0.05) is 20.2 Å². The minimum Gasteiger partial charge on any atom is -0.461 e. The summed E-state index contributed by atoms with van der Waals surface area (Å²) < 4.78 is 10.8. The molecule has 108 valence electrons. The second kappa shape index (κ2) is 7.70. The first kappa shape index (κ1) is 15.4. The van der Waals surface area contributed by atoms with Crippen molar-refractivity contribution in [3.63, 3.8) is 0 Å². The molecule has 19 heavy (non-hydrogen) atoms. The second-order valence-corrected chi connectivity index (χ2v) is 4.17. The number of hydrazine groups is 1. The highest BCUT2D eigenvalue weighted by Gasteiger charge is 2.11. The molecule has 0 aliphatic heterocycles. The van der Waals surface area contributed by atoms with E-state index in [1.54, 1.807) is 0 Å². The van der Waals surface area contributed by atoms with Crippen LogP contribution in [0, 0.1) is 0 Å². The lowest BCUT2D eigenvalue weighted by Gasteiger charge is -2.18. The quantitative estimate of drug-likeness (QED) is 0.398. The zero-order valence-corrected chi connectivity index (χ0v) is 11.9. The number of nitrogens with two attached hydrogens (primary N) is 1. The summed E-state index contributed by atoms with van der Waals surface area (Å²) in [5, 5.41) is 0. The van der Waals surface area contributed by atoms with Gasteiger partial charge in [-0.2, -0.15) is 15.0 Å². The molecular weight excluding hydrogens is 248 g/mol. The molecule has 1 aromatic rings. The van der Waals surface area contributed by atoms with Crippen LogP contribution in [-0.4, -0.2) is 47.9 Å². The van der Waals surface area contributed by atoms with Crippen LogP contribution < -0.4 is 20.9 Å². The number of hydrogen-bond acceptors (Lipinski definition) is 8. The van der Waals surface area contributed by atoms with Gasteiger partial charge in [-0.05, 0) is 20.8 Å². The number of nitrogens with zero attached hydrogens (tertiary/aromatic N) is 4. The van der Waals surface area contributed by atoms with E-state index in [4.69, 9.17) is 15.3 Å². The summed E-state index contributed by atoms with van der Waals surface area (Å²) in [5.74, 6) is 6.09. The largest absolute Gasteiger partial charge is 0.461 e. The second-order valence-electron chi connectivity index (χ2n) is 4.17. The molecule has 0 radical (unpaired) electrons. The van der Waals surface area contributed by atoms with Crippen LogP contribution in [-0.2, 0) is 4.74 Å². The zero-order chi connectivity index (χ0) is 14.3. The lowest BCUT2D eigenvalue weighted by Crippen LogP contribution is -2.26. The Morgan fingerprint density at radius 3 is 2.63 bits per heavy atom. The van der Waals surface area contributed by atoms with Crippen LogP contribution in [0.25, 0.3) is 0 Å². The molecule has 0 spiro atoms. The SMILES string of the molecule is CCOCCN(C)c1nc(NN)nc(OC(C)C)n1. The maximum absolute atomic E-state index is 5.46. The van der Waals surface area contributed by atoms with Crippen molar-refractivity contribution in [2.45, 2.75) is 26.9 Å². The molecule has 0 atom stereocenters. The van der Waals surface area contributed by atoms with Crippen molar-refractivity contribution < 1.29 is 9.47 Å². The van der Waals surface area contributed by atoms with Crippen molar-refractivity contribution in [1.82, 2.24) is 15.0 Å². The Bertz CT molecular complexity index is 387. The molecule has 0 aromatic carbocycles. The van der Waals surface area contributed by atoms with Crippen molar-refractivity contribution in [1.29, 1.82) is 0 Å². The van der Waals surface area contributed by atoms with Crippen LogP contribution in [0.5, 0.6) is 6.01 Å². The van der Waals surface area contributed by atoms with Gasteiger partial charge in [0.15, 0.2) is 0 Å². The smallest absolute Gasteiger partial charge is 0.323 e. The molecule has 0 saturated carbocycles. The number of hydrogen-bond donors (Lipinski definition) is 2. The van der Waals surface area contributed by atoms with E-state index < -0.39 is 0 Å². The fourth-order valence-corrected chi connectivity index (χ4v) is 1.29. The Kier molecular flexibility index (Phi) is 6.23. The first-order valence-corrected chi connectivity index (χ1v) is 6.25. The number of ether oxygens (including phenoxy) is 2. The number of rotatable bonds is 8. The maximum Gasteiger partial charge on any atom is 0.323 e. The van der Waals surface area contributed by atoms with Gasteiger partial charge in [-0.15, -0.1) is 0 Å². The normalized spacial score (nSPS) is 10.6. The third-order valence-electron chi connectivity index (χ3n) is 2.19. The minimum absolute atomic E-state index is 0.0189. The highest BCUT2D eigenvalue weighted by molar-refractivity contribution is 5.36. The first-order valence-electron chi connectivity index (χ1n) is 6.25. The molecule has 0 amide bonds. The van der Waals surface area contributed by atoms with Crippen LogP contribution >= 0.6 is 0 Å². The molecule has 0 unspecified atom stereocenters. The van der Waals surface area contributed by atoms with Gasteiger partial charge < -0.3 is 14.4 Å². The lowest BCUT2D eigenvalue weighted by atomic mass is 10.5. The third-order valence-corrected chi connectivity index (χ3v) is 2.19. The van der Waals surface area contributed by atoms with Crippen molar-refractivity contribution in [2.75, 3.05) is 37.1 Å². The molecule has 1 rings (SSSR count). The summed E-state index contributed by atoms with van der Waals surface area (Å²) in [4.78, 5) is 14.3. The number of anilines is 2. The summed E-state index contributed by atoms with van der Waals surface area (Å²) in [6.45, 7) is 7.71. The predicted octanol–water partition coefficient (Wildman–Crippen LogP) is 0.417. The molecule has 8 nitrogen and oxygen atoms in total. The summed E-state index contributed by atoms with van der Waals surface area (Å²) in [5.41, 5.74) is 2.40. The van der Waals surface area contributed by atoms with E-state index in [0.717, 1.165) is 0 Å². The van der Waals surface area contributed by atoms with Crippen LogP contribution in [0.1, 0.15) is 20.8 Å². The van der Waals surface area contributed by atoms with Gasteiger partial charge >= 0.3 is 6.01 Å². The van der Waals surface area contributed by atoms with Gasteiger partial charge in [0.25, 0.3) is 0 Å². The summed E-state index contributed by atoms with van der Waals surface area (Å²) in [6, 6.07) is 0.246. The van der Waals surface area contributed by atoms with Gasteiger partial charge in [0.05, 0.1) is 12.7 Å². The minimum atomic E-state index is -0.0189. The highest BCUT2D eigenvalue weighted by atomic mass is 16.5. The zero-order valence-electron chi connectivity index (χ0n) is 11.9. The van der Waals surface area contributed by atoms with E-state index in [9.17, 15) is 0 Å². The Hall–Kier alpha value is -1.67. The topological polar surface area (TPSA) is 98.4 Å². The number of nitrogens with one attached hydrogen (secondary N) is 1. The summed E-state index contributed by atoms with van der Waals surface area (Å²) >= 11 is 0. The predicted molar refractivity (Wildman–Crippen MR) is 73.2 cm³/mol. The Morgan fingerprint density at radius 1 is 1.32 bits per heavy atom. The summed E-state index contributed by atoms with van der Waals surface area (Å²) in [7, 11) is 1.87. The van der Waals surface area contributed by atoms with Gasteiger partial charge in [0.2, 0.25) is 11.9 Å². The van der Waals surface area contributed by atoms with Crippen LogP contribution in [0.3, 0.4) is 0 Å². The lowest BCUT2D eigenvalue weighted by molar-refractivity contribution is 0.154. The van der Waals surface area contributed by atoms with E-state index in [1.165, 1.54) is 0 Å². The molecule has 0 aliphatic carbocycles. The van der Waals surface area contributed by atoms with E-state index in [1.807, 2.05) is 32.7 Å². The van der Waals surface area contributed by atoms with Crippen LogP contribution in [0.4, 0.5) is 11.9 Å². The number of likely N-dealkylation sites (N-methyl/N-ethyl adjacent to an activating group) is 1. The molecule has 0 aliphatic rings. The number of nitrogen functional groups attached to an aromatic ring is 1. The average Bonchev–Trinajstić information content (AvgIpc) is 2.37. The van der Waals surface area contributed by atoms with Crippen LogP contribution in [0.2, 0.25) is 0 Å². The van der Waals surface area contributed by atoms with Gasteiger partial charge in [-0.25, -0.2) is 5.84 Å². The van der Waals surface area contributed by atoms with Crippen molar-refractivity contribution >= 4 is 11.9 Å². The number of aromatic nitrogens is 3. The summed E-state index contributed by atoms with van der Waals surface area (Å²) in [6.07, 6.45) is -0.0189. The van der Waals surface area contributed by atoms with Crippen molar-refractivity contribution in [3.05, 3.63) is 0 Å². The van der Waals surface area contributed by atoms with Gasteiger partial charge in [-0.1, -0.05) is 0 Å². The average molecular weight is 270 g/mol. The molecule has 0 fully saturated rings. The monoisotopic (exact) mass is 270 g/mol. The van der Waals surface area contributed by atoms with E-state index in [2.05, 4.69) is 20.4 Å². The van der Waals surface area contributed by atoms with Gasteiger partial charge in [-0.3, -0.25) is 5.43 Å². The molecule has 0 saturated heterocycles. The molecule has 1 aromatic heterocycles. The molecule has 0 bridgehead atoms. The highest BCUT2D eigenvalue weighted by Crippen LogP contribution is 2.14. The van der Waals surface area contributed by atoms with Crippen molar-refractivity contribution in [3.8, 4) is 6.01 Å². The third kappa shape index (κ3) is 5.23. The standard InChI is InChI=1S/C11H22N6O2/c1-5-18-7-6-17(4)10-13-9(16-12)14-11(15-10)19-8(2)3/h8H,5-7,12H2,1-4H3,(H,13,14,15,16). The van der Waals surface area contributed by atoms with E-state index in [0.29, 0.717) is 25.7 Å². The van der Waals surface area contributed by atoms with E-state index in [-0.39, 0.29) is 18.1 Å². The fourth-order valence-electron chi connectivity index (χ4n) is 1.29. The first-order chi connectivity index (χ1) is 9.06. The van der Waals surface area contributed by atoms with Crippen molar-refractivity contribution in [2.24, 2.45) is 5.84 Å². The van der Waals surface area contributed by atoms with Gasteiger partial charge in [0.1, 0.15) is 0 Å². The Morgan fingerprint density at radius 2 is 2.05 bits per heavy atom. The molecule has 1 heterocycles. The molecular formula is C11H22N6O2. The molecule has 8 heteroatoms. The van der Waals surface area contributed by atoms with Crippen LogP contribution in [0.15, 0.2) is 0 Å².